The lowest BCUT2D eigenvalue weighted by Crippen LogP contribution is -2.47. The van der Waals surface area contributed by atoms with Gasteiger partial charge >= 0.3 is 0 Å². The molecule has 0 aromatic rings. The van der Waals surface area contributed by atoms with Gasteiger partial charge in [0.05, 0.1) is 6.07 Å². The van der Waals surface area contributed by atoms with E-state index in [0.29, 0.717) is 11.5 Å². The number of carbonyl (C=O) groups is 1. The SMILES string of the molecule is CN(C(=O)C1(C#N)CCCC1)C1CCC(C)(C)CC1. The number of hydrogen-bond donors (Lipinski definition) is 0. The lowest BCUT2D eigenvalue weighted by Gasteiger charge is -2.40. The van der Waals surface area contributed by atoms with E-state index < -0.39 is 5.41 Å². The highest BCUT2D eigenvalue weighted by Gasteiger charge is 2.45. The summed E-state index contributed by atoms with van der Waals surface area (Å²) in [6.07, 6.45) is 8.06. The van der Waals surface area contributed by atoms with Crippen molar-refractivity contribution in [2.24, 2.45) is 10.8 Å². The first-order valence-electron chi connectivity index (χ1n) is 7.59. The van der Waals surface area contributed by atoms with E-state index in [1.54, 1.807) is 0 Å². The molecule has 0 saturated heterocycles. The molecule has 0 atom stereocenters. The van der Waals surface area contributed by atoms with Gasteiger partial charge in [0.25, 0.3) is 0 Å². The number of amides is 1. The second kappa shape index (κ2) is 5.15. The molecule has 0 bridgehead atoms. The van der Waals surface area contributed by atoms with Crippen LogP contribution >= 0.6 is 0 Å². The van der Waals surface area contributed by atoms with Crippen LogP contribution < -0.4 is 0 Å². The Morgan fingerprint density at radius 1 is 1.16 bits per heavy atom. The second-order valence-corrected chi connectivity index (χ2v) is 7.21. The van der Waals surface area contributed by atoms with Gasteiger partial charge in [0.2, 0.25) is 5.91 Å². The Hall–Kier alpha value is -1.04. The van der Waals surface area contributed by atoms with E-state index in [2.05, 4.69) is 19.9 Å². The Bertz CT molecular complexity index is 378. The highest BCUT2D eigenvalue weighted by atomic mass is 16.2. The van der Waals surface area contributed by atoms with Crippen LogP contribution in [0.5, 0.6) is 0 Å². The summed E-state index contributed by atoms with van der Waals surface area (Å²) < 4.78 is 0. The zero-order chi connectivity index (χ0) is 14.1. The van der Waals surface area contributed by atoms with Crippen LogP contribution in [-0.2, 0) is 4.79 Å². The molecule has 0 unspecified atom stereocenters. The summed E-state index contributed by atoms with van der Waals surface area (Å²) >= 11 is 0. The van der Waals surface area contributed by atoms with Crippen LogP contribution in [0.2, 0.25) is 0 Å². The summed E-state index contributed by atoms with van der Waals surface area (Å²) in [7, 11) is 1.91. The third-order valence-electron chi connectivity index (χ3n) is 5.26. The predicted octanol–water partition coefficient (Wildman–Crippen LogP) is 3.50. The monoisotopic (exact) mass is 262 g/mol. The van der Waals surface area contributed by atoms with E-state index in [9.17, 15) is 10.1 Å². The van der Waals surface area contributed by atoms with Crippen molar-refractivity contribution in [3.05, 3.63) is 0 Å². The van der Waals surface area contributed by atoms with Crippen LogP contribution in [0, 0.1) is 22.2 Å². The van der Waals surface area contributed by atoms with Crippen molar-refractivity contribution in [2.75, 3.05) is 7.05 Å². The van der Waals surface area contributed by atoms with E-state index in [1.165, 1.54) is 12.8 Å². The van der Waals surface area contributed by atoms with Crippen molar-refractivity contribution in [3.63, 3.8) is 0 Å². The van der Waals surface area contributed by atoms with Gasteiger partial charge in [-0.25, -0.2) is 0 Å². The standard InChI is InChI=1S/C16H26N2O/c1-15(2)10-6-13(7-11-15)18(3)14(19)16(12-17)8-4-5-9-16/h13H,4-11H2,1-3H3. The molecular weight excluding hydrogens is 236 g/mol. The Morgan fingerprint density at radius 3 is 2.16 bits per heavy atom. The first-order valence-corrected chi connectivity index (χ1v) is 7.59. The maximum absolute atomic E-state index is 12.7. The predicted molar refractivity (Wildman–Crippen MR) is 75.3 cm³/mol. The molecule has 19 heavy (non-hydrogen) atoms. The van der Waals surface area contributed by atoms with Crippen LogP contribution in [0.3, 0.4) is 0 Å². The summed E-state index contributed by atoms with van der Waals surface area (Å²) in [5.41, 5.74) is -0.289. The minimum absolute atomic E-state index is 0.0807. The Balaban J connectivity index is 2.02. The number of nitriles is 1. The van der Waals surface area contributed by atoms with Gasteiger partial charge in [-0.3, -0.25) is 4.79 Å². The fraction of sp³-hybridized carbons (Fsp3) is 0.875. The minimum Gasteiger partial charge on any atom is -0.341 e. The molecule has 0 radical (unpaired) electrons. The van der Waals surface area contributed by atoms with Gasteiger partial charge in [-0.05, 0) is 43.9 Å². The Labute approximate surface area is 117 Å². The summed E-state index contributed by atoms with van der Waals surface area (Å²) in [6, 6.07) is 2.66. The van der Waals surface area contributed by atoms with Gasteiger partial charge in [0, 0.05) is 13.1 Å². The minimum atomic E-state index is -0.707. The summed E-state index contributed by atoms with van der Waals surface area (Å²) in [5.74, 6) is 0.0807. The zero-order valence-corrected chi connectivity index (χ0v) is 12.5. The Kier molecular flexibility index (Phi) is 3.90. The fourth-order valence-corrected chi connectivity index (χ4v) is 3.63. The number of rotatable bonds is 2. The van der Waals surface area contributed by atoms with Gasteiger partial charge < -0.3 is 4.90 Å². The van der Waals surface area contributed by atoms with Crippen molar-refractivity contribution in [1.82, 2.24) is 4.90 Å². The zero-order valence-electron chi connectivity index (χ0n) is 12.5. The molecule has 2 saturated carbocycles. The molecule has 0 N–H and O–H groups in total. The third-order valence-corrected chi connectivity index (χ3v) is 5.26. The van der Waals surface area contributed by atoms with Crippen LogP contribution in [0.25, 0.3) is 0 Å². The molecule has 3 nitrogen and oxygen atoms in total. The van der Waals surface area contributed by atoms with Crippen molar-refractivity contribution >= 4 is 5.91 Å². The molecule has 106 valence electrons. The van der Waals surface area contributed by atoms with Gasteiger partial charge in [0.15, 0.2) is 0 Å². The second-order valence-electron chi connectivity index (χ2n) is 7.21. The van der Waals surface area contributed by atoms with E-state index in [0.717, 1.165) is 38.5 Å². The number of nitrogens with zero attached hydrogens (tertiary/aromatic N) is 2. The lowest BCUT2D eigenvalue weighted by molar-refractivity contribution is -0.140. The molecule has 1 amide bonds. The van der Waals surface area contributed by atoms with E-state index in [4.69, 9.17) is 0 Å². The quantitative estimate of drug-likeness (QED) is 0.764. The van der Waals surface area contributed by atoms with Gasteiger partial charge in [-0.2, -0.15) is 5.26 Å². The summed E-state index contributed by atoms with van der Waals surface area (Å²) in [5, 5.41) is 9.42. The normalized spacial score (nSPS) is 25.8. The van der Waals surface area contributed by atoms with Crippen molar-refractivity contribution in [3.8, 4) is 6.07 Å². The first kappa shape index (κ1) is 14.4. The van der Waals surface area contributed by atoms with Gasteiger partial charge in [-0.15, -0.1) is 0 Å². The van der Waals surface area contributed by atoms with Crippen LogP contribution in [0.15, 0.2) is 0 Å². The molecule has 2 fully saturated rings. The number of carbonyl (C=O) groups excluding carboxylic acids is 1. The van der Waals surface area contributed by atoms with Crippen LogP contribution in [0.4, 0.5) is 0 Å². The van der Waals surface area contributed by atoms with Crippen molar-refractivity contribution < 1.29 is 4.79 Å². The van der Waals surface area contributed by atoms with Crippen LogP contribution in [-0.4, -0.2) is 23.9 Å². The van der Waals surface area contributed by atoms with Crippen molar-refractivity contribution in [1.29, 1.82) is 5.26 Å². The smallest absolute Gasteiger partial charge is 0.243 e. The molecule has 2 rings (SSSR count). The molecule has 0 heterocycles. The molecule has 2 aliphatic carbocycles. The highest BCUT2D eigenvalue weighted by Crippen LogP contribution is 2.41. The van der Waals surface area contributed by atoms with E-state index in [1.807, 2.05) is 11.9 Å². The lowest BCUT2D eigenvalue weighted by atomic mass is 9.75. The molecule has 0 aromatic carbocycles. The first-order chi connectivity index (χ1) is 8.90. The Morgan fingerprint density at radius 2 is 1.68 bits per heavy atom. The summed E-state index contributed by atoms with van der Waals surface area (Å²) in [4.78, 5) is 14.6. The van der Waals surface area contributed by atoms with Gasteiger partial charge in [0.1, 0.15) is 5.41 Å². The number of hydrogen-bond acceptors (Lipinski definition) is 2. The molecule has 0 aliphatic heterocycles. The third kappa shape index (κ3) is 2.78. The fourth-order valence-electron chi connectivity index (χ4n) is 3.63. The topological polar surface area (TPSA) is 44.1 Å². The van der Waals surface area contributed by atoms with Gasteiger partial charge in [-0.1, -0.05) is 26.7 Å². The van der Waals surface area contributed by atoms with Crippen LogP contribution in [0.1, 0.15) is 65.2 Å². The van der Waals surface area contributed by atoms with E-state index in [-0.39, 0.29) is 5.91 Å². The van der Waals surface area contributed by atoms with E-state index >= 15 is 0 Å². The molecule has 3 heteroatoms. The average molecular weight is 262 g/mol. The average Bonchev–Trinajstić information content (AvgIpc) is 2.87. The summed E-state index contributed by atoms with van der Waals surface area (Å²) in [6.45, 7) is 4.61. The molecule has 0 spiro atoms. The van der Waals surface area contributed by atoms with Crippen molar-refractivity contribution in [2.45, 2.75) is 71.3 Å². The maximum Gasteiger partial charge on any atom is 0.243 e. The molecule has 2 aliphatic rings. The largest absolute Gasteiger partial charge is 0.341 e. The molecular formula is C16H26N2O. The maximum atomic E-state index is 12.7. The highest BCUT2D eigenvalue weighted by molar-refractivity contribution is 5.85. The molecule has 0 aromatic heterocycles.